The fourth-order valence-electron chi connectivity index (χ4n) is 4.58. The highest BCUT2D eigenvalue weighted by atomic mass is 19.4. The number of nitrogens with one attached hydrogen (secondary N) is 1. The van der Waals surface area contributed by atoms with Crippen molar-refractivity contribution in [2.45, 2.75) is 55.8 Å². The van der Waals surface area contributed by atoms with Gasteiger partial charge in [-0.05, 0) is 49.1 Å². The van der Waals surface area contributed by atoms with Gasteiger partial charge in [0.05, 0.1) is 29.9 Å². The largest absolute Gasteiger partial charge is 0.444 e. The summed E-state index contributed by atoms with van der Waals surface area (Å²) in [4.78, 5) is 11.5. The van der Waals surface area contributed by atoms with Crippen LogP contribution >= 0.6 is 0 Å². The zero-order chi connectivity index (χ0) is 24.0. The molecule has 2 aliphatic rings. The molecule has 0 spiro atoms. The third-order valence-electron chi connectivity index (χ3n) is 6.29. The lowest BCUT2D eigenvalue weighted by Gasteiger charge is -2.32. The van der Waals surface area contributed by atoms with Crippen LogP contribution in [0.1, 0.15) is 48.1 Å². The van der Waals surface area contributed by atoms with Crippen molar-refractivity contribution in [3.8, 4) is 0 Å². The molecule has 33 heavy (non-hydrogen) atoms. The van der Waals surface area contributed by atoms with Crippen molar-refractivity contribution < 1.29 is 40.6 Å². The second-order valence-corrected chi connectivity index (χ2v) is 8.54. The molecule has 4 atom stereocenters. The molecule has 1 heterocycles. The van der Waals surface area contributed by atoms with Crippen LogP contribution in [0.25, 0.3) is 0 Å². The SMILES string of the molecule is C[C@@H](OC[C@]1(c2ccccc2)CC2NC(=O)O[C@@H]2C1)c1cc(C(F)(F)F)cc(C(F)(F)F)c1. The molecule has 1 aliphatic carbocycles. The minimum absolute atomic E-state index is 0.0298. The fourth-order valence-corrected chi connectivity index (χ4v) is 4.58. The number of rotatable bonds is 5. The summed E-state index contributed by atoms with van der Waals surface area (Å²) in [6, 6.07) is 10.5. The second-order valence-electron chi connectivity index (χ2n) is 8.54. The maximum absolute atomic E-state index is 13.2. The van der Waals surface area contributed by atoms with Crippen LogP contribution < -0.4 is 5.32 Å². The van der Waals surface area contributed by atoms with E-state index in [-0.39, 0.29) is 30.4 Å². The van der Waals surface area contributed by atoms with Crippen LogP contribution in [0.15, 0.2) is 48.5 Å². The smallest absolute Gasteiger partial charge is 0.416 e. The van der Waals surface area contributed by atoms with Crippen LogP contribution in [0.4, 0.5) is 31.1 Å². The lowest BCUT2D eigenvalue weighted by Crippen LogP contribution is -2.34. The third-order valence-corrected chi connectivity index (χ3v) is 6.29. The average molecular weight is 473 g/mol. The summed E-state index contributed by atoms with van der Waals surface area (Å²) in [5, 5.41) is 2.74. The van der Waals surface area contributed by atoms with Crippen LogP contribution in [0.5, 0.6) is 0 Å². The number of hydrogen-bond acceptors (Lipinski definition) is 3. The molecule has 1 N–H and O–H groups in total. The number of alkyl carbamates (subject to hydrolysis) is 1. The molecule has 2 aromatic carbocycles. The highest BCUT2D eigenvalue weighted by molar-refractivity contribution is 5.70. The van der Waals surface area contributed by atoms with E-state index < -0.39 is 41.1 Å². The molecule has 2 aromatic rings. The van der Waals surface area contributed by atoms with E-state index >= 15 is 0 Å². The third kappa shape index (κ3) is 4.80. The Kier molecular flexibility index (Phi) is 5.84. The molecule has 1 saturated carbocycles. The number of halogens is 6. The average Bonchev–Trinajstić information content (AvgIpc) is 3.26. The van der Waals surface area contributed by atoms with E-state index in [1.165, 1.54) is 6.92 Å². The lowest BCUT2D eigenvalue weighted by molar-refractivity contribution is -0.143. The van der Waals surface area contributed by atoms with Crippen molar-refractivity contribution in [2.24, 2.45) is 0 Å². The topological polar surface area (TPSA) is 47.6 Å². The molecule has 0 radical (unpaired) electrons. The van der Waals surface area contributed by atoms with Gasteiger partial charge >= 0.3 is 18.4 Å². The van der Waals surface area contributed by atoms with E-state index in [0.29, 0.717) is 25.0 Å². The van der Waals surface area contributed by atoms with Crippen molar-refractivity contribution in [1.29, 1.82) is 0 Å². The van der Waals surface area contributed by atoms with Crippen molar-refractivity contribution in [2.75, 3.05) is 6.61 Å². The van der Waals surface area contributed by atoms with E-state index in [2.05, 4.69) is 5.32 Å². The monoisotopic (exact) mass is 473 g/mol. The Morgan fingerprint density at radius 3 is 2.18 bits per heavy atom. The fraction of sp³-hybridized carbons (Fsp3) is 0.435. The zero-order valence-electron chi connectivity index (χ0n) is 17.5. The van der Waals surface area contributed by atoms with Gasteiger partial charge < -0.3 is 14.8 Å². The Morgan fingerprint density at radius 1 is 1.03 bits per heavy atom. The molecule has 2 fully saturated rings. The standard InChI is InChI=1S/C23H21F6NO3/c1-13(14-7-16(22(24,25)26)9-17(8-14)23(27,28)29)32-12-21(15-5-3-2-4-6-15)10-18-19(11-21)33-20(31)30-18/h2-9,13,18-19H,10-12H2,1H3,(H,30,31)/t13-,18?,19-,21+/m1/s1. The highest BCUT2D eigenvalue weighted by Crippen LogP contribution is 2.45. The first-order valence-electron chi connectivity index (χ1n) is 10.3. The van der Waals surface area contributed by atoms with Crippen molar-refractivity contribution in [1.82, 2.24) is 5.32 Å². The van der Waals surface area contributed by atoms with Crippen LogP contribution in [-0.2, 0) is 27.2 Å². The molecule has 1 saturated heterocycles. The first kappa shape index (κ1) is 23.4. The Morgan fingerprint density at radius 2 is 1.64 bits per heavy atom. The van der Waals surface area contributed by atoms with E-state index in [1.807, 2.05) is 30.3 Å². The molecule has 0 aromatic heterocycles. The number of carbonyl (C=O) groups excluding carboxylic acids is 1. The van der Waals surface area contributed by atoms with Gasteiger partial charge in [-0.1, -0.05) is 30.3 Å². The first-order chi connectivity index (χ1) is 15.4. The quantitative estimate of drug-likeness (QED) is 0.541. The molecule has 10 heteroatoms. The second kappa shape index (κ2) is 8.23. The van der Waals surface area contributed by atoms with Gasteiger partial charge in [-0.15, -0.1) is 0 Å². The van der Waals surface area contributed by atoms with Crippen molar-refractivity contribution in [3.63, 3.8) is 0 Å². The Hall–Kier alpha value is -2.75. The van der Waals surface area contributed by atoms with E-state index in [0.717, 1.165) is 5.56 Å². The van der Waals surface area contributed by atoms with Crippen molar-refractivity contribution >= 4 is 6.09 Å². The zero-order valence-corrected chi connectivity index (χ0v) is 17.5. The summed E-state index contributed by atoms with van der Waals surface area (Å²) in [5.41, 5.74) is -2.71. The minimum atomic E-state index is -4.93. The number of benzene rings is 2. The summed E-state index contributed by atoms with van der Waals surface area (Å²) < 4.78 is 90.5. The summed E-state index contributed by atoms with van der Waals surface area (Å²) >= 11 is 0. The molecule has 4 rings (SSSR count). The van der Waals surface area contributed by atoms with E-state index in [9.17, 15) is 31.1 Å². The Balaban J connectivity index is 1.60. The molecule has 1 unspecified atom stereocenters. The molecular formula is C23H21F6NO3. The van der Waals surface area contributed by atoms with Gasteiger partial charge in [0.15, 0.2) is 0 Å². The Labute approximate surface area is 185 Å². The summed E-state index contributed by atoms with van der Waals surface area (Å²) in [6.45, 7) is 1.45. The number of alkyl halides is 6. The van der Waals surface area contributed by atoms with Gasteiger partial charge in [0.25, 0.3) is 0 Å². The van der Waals surface area contributed by atoms with E-state index in [4.69, 9.17) is 9.47 Å². The number of amides is 1. The molecule has 1 aliphatic heterocycles. The number of hydrogen-bond donors (Lipinski definition) is 1. The first-order valence-corrected chi connectivity index (χ1v) is 10.3. The molecule has 178 valence electrons. The van der Waals surface area contributed by atoms with Gasteiger partial charge in [-0.25, -0.2) is 4.79 Å². The van der Waals surface area contributed by atoms with Gasteiger partial charge in [0.2, 0.25) is 0 Å². The molecule has 0 bridgehead atoms. The Bertz CT molecular complexity index is 973. The predicted octanol–water partition coefficient (Wildman–Crippen LogP) is 6.01. The van der Waals surface area contributed by atoms with Crippen LogP contribution in [0.2, 0.25) is 0 Å². The van der Waals surface area contributed by atoms with Crippen LogP contribution in [-0.4, -0.2) is 24.8 Å². The number of ether oxygens (including phenoxy) is 2. The van der Waals surface area contributed by atoms with Gasteiger partial charge in [0, 0.05) is 5.41 Å². The minimum Gasteiger partial charge on any atom is -0.444 e. The maximum atomic E-state index is 13.2. The predicted molar refractivity (Wildman–Crippen MR) is 105 cm³/mol. The van der Waals surface area contributed by atoms with E-state index in [1.54, 1.807) is 0 Å². The van der Waals surface area contributed by atoms with Crippen LogP contribution in [0.3, 0.4) is 0 Å². The lowest BCUT2D eigenvalue weighted by atomic mass is 9.79. The molecule has 4 nitrogen and oxygen atoms in total. The summed E-state index contributed by atoms with van der Waals surface area (Å²) in [6.07, 6.45) is -10.9. The van der Waals surface area contributed by atoms with Gasteiger partial charge in [0.1, 0.15) is 6.10 Å². The highest BCUT2D eigenvalue weighted by Gasteiger charge is 2.52. The summed E-state index contributed by atoms with van der Waals surface area (Å²) in [5.74, 6) is 0. The van der Waals surface area contributed by atoms with Crippen LogP contribution in [0, 0.1) is 0 Å². The van der Waals surface area contributed by atoms with Gasteiger partial charge in [-0.2, -0.15) is 26.3 Å². The van der Waals surface area contributed by atoms with Crippen molar-refractivity contribution in [3.05, 3.63) is 70.8 Å². The number of carbonyl (C=O) groups is 1. The molecule has 1 amide bonds. The number of fused-ring (bicyclic) bond motifs is 1. The summed E-state index contributed by atoms with van der Waals surface area (Å²) in [7, 11) is 0. The maximum Gasteiger partial charge on any atom is 0.416 e. The molecular weight excluding hydrogens is 452 g/mol. The normalized spacial score (nSPS) is 26.0. The van der Waals surface area contributed by atoms with Gasteiger partial charge in [-0.3, -0.25) is 0 Å².